The third-order valence-corrected chi connectivity index (χ3v) is 6.25. The van der Waals surface area contributed by atoms with Gasteiger partial charge in [-0.1, -0.05) is 6.42 Å². The Kier molecular flexibility index (Phi) is 4.67. The number of benzene rings is 1. The summed E-state index contributed by atoms with van der Waals surface area (Å²) in [5.74, 6) is -1.73. The van der Waals surface area contributed by atoms with Gasteiger partial charge >= 0.3 is 0 Å². The van der Waals surface area contributed by atoms with Gasteiger partial charge in [0.25, 0.3) is 5.91 Å². The zero-order valence-electron chi connectivity index (χ0n) is 14.6. The van der Waals surface area contributed by atoms with Crippen molar-refractivity contribution in [2.75, 3.05) is 11.4 Å². The Hall–Kier alpha value is -2.35. The Morgan fingerprint density at radius 3 is 2.74 bits per heavy atom. The fourth-order valence-corrected chi connectivity index (χ4v) is 4.79. The maximum Gasteiger partial charge on any atom is 0.280 e. The molecule has 1 saturated carbocycles. The maximum atomic E-state index is 13.6. The number of halogens is 2. The first kappa shape index (κ1) is 18.0. The maximum absolute atomic E-state index is 13.6. The van der Waals surface area contributed by atoms with Crippen molar-refractivity contribution in [3.8, 4) is 0 Å². The Labute approximate surface area is 159 Å². The first-order valence-corrected chi connectivity index (χ1v) is 9.83. The quantitative estimate of drug-likeness (QED) is 0.871. The van der Waals surface area contributed by atoms with E-state index in [-0.39, 0.29) is 23.5 Å². The summed E-state index contributed by atoms with van der Waals surface area (Å²) in [4.78, 5) is 30.9. The van der Waals surface area contributed by atoms with E-state index >= 15 is 0 Å². The fraction of sp³-hybridized carbons (Fsp3) is 0.421. The number of carbonyl (C=O) groups excluding carboxylic acids is 2. The Bertz CT molecular complexity index is 854. The van der Waals surface area contributed by atoms with Crippen LogP contribution in [0.15, 0.2) is 29.8 Å². The number of hydrogen-bond acceptors (Lipinski definition) is 4. The van der Waals surface area contributed by atoms with Crippen molar-refractivity contribution in [1.29, 1.82) is 0 Å². The van der Waals surface area contributed by atoms with Crippen LogP contribution in [0.5, 0.6) is 0 Å². The predicted octanol–water partition coefficient (Wildman–Crippen LogP) is 3.52. The second-order valence-electron chi connectivity index (χ2n) is 7.22. The van der Waals surface area contributed by atoms with E-state index in [2.05, 4.69) is 10.3 Å². The molecule has 2 atom stereocenters. The lowest BCUT2D eigenvalue weighted by Crippen LogP contribution is -2.46. The summed E-state index contributed by atoms with van der Waals surface area (Å²) in [5.41, 5.74) is -0.328. The average Bonchev–Trinajstić information content (AvgIpc) is 3.25. The van der Waals surface area contributed by atoms with Crippen molar-refractivity contribution in [2.45, 2.75) is 38.1 Å². The number of carbonyl (C=O) groups is 2. The SMILES string of the molecule is O=C(NC1CCCC2(CCN(c3cc(F)cc(F)c3)C2=O)C1)c1nccs1. The number of aromatic nitrogens is 1. The van der Waals surface area contributed by atoms with Gasteiger partial charge in [0.15, 0.2) is 5.01 Å². The number of nitrogens with one attached hydrogen (secondary N) is 1. The molecule has 2 fully saturated rings. The van der Waals surface area contributed by atoms with Gasteiger partial charge in [-0.05, 0) is 37.8 Å². The molecule has 1 N–H and O–H groups in total. The van der Waals surface area contributed by atoms with Crippen LogP contribution in [0.3, 0.4) is 0 Å². The summed E-state index contributed by atoms with van der Waals surface area (Å²) in [6.45, 7) is 0.425. The third kappa shape index (κ3) is 3.45. The molecule has 5 nitrogen and oxygen atoms in total. The van der Waals surface area contributed by atoms with Crippen LogP contribution in [0, 0.1) is 17.0 Å². The third-order valence-electron chi connectivity index (χ3n) is 5.48. The van der Waals surface area contributed by atoms with Crippen molar-refractivity contribution in [3.05, 3.63) is 46.4 Å². The minimum atomic E-state index is -0.698. The van der Waals surface area contributed by atoms with Gasteiger partial charge in [0, 0.05) is 35.9 Å². The normalized spacial score (nSPS) is 25.2. The highest BCUT2D eigenvalue weighted by Gasteiger charge is 2.49. The van der Waals surface area contributed by atoms with Gasteiger partial charge in [0.05, 0.1) is 5.41 Å². The number of nitrogens with zero attached hydrogens (tertiary/aromatic N) is 2. The highest BCUT2D eigenvalue weighted by Crippen LogP contribution is 2.46. The summed E-state index contributed by atoms with van der Waals surface area (Å²) in [6, 6.07) is 3.06. The first-order valence-electron chi connectivity index (χ1n) is 8.95. The molecule has 2 amide bonds. The van der Waals surface area contributed by atoms with Gasteiger partial charge < -0.3 is 10.2 Å². The molecule has 2 aromatic rings. The van der Waals surface area contributed by atoms with Crippen LogP contribution in [-0.2, 0) is 4.79 Å². The van der Waals surface area contributed by atoms with Crippen molar-refractivity contribution < 1.29 is 18.4 Å². The Morgan fingerprint density at radius 2 is 2.04 bits per heavy atom. The molecule has 0 bridgehead atoms. The number of thiazole rings is 1. The fourth-order valence-electron chi connectivity index (χ4n) is 4.25. The molecule has 1 aromatic carbocycles. The van der Waals surface area contributed by atoms with Crippen LogP contribution in [0.1, 0.15) is 41.9 Å². The van der Waals surface area contributed by atoms with Gasteiger partial charge in [-0.2, -0.15) is 0 Å². The standard InChI is InChI=1S/C19H19F2N3O2S/c20-12-8-13(21)10-15(9-12)24-6-4-19(18(24)26)3-1-2-14(11-19)23-16(25)17-22-5-7-27-17/h5,7-10,14H,1-4,6,11H2,(H,23,25). The summed E-state index contributed by atoms with van der Waals surface area (Å²) in [6.07, 6.45) is 5.09. The van der Waals surface area contributed by atoms with Crippen LogP contribution in [0.4, 0.5) is 14.5 Å². The highest BCUT2D eigenvalue weighted by atomic mass is 32.1. The summed E-state index contributed by atoms with van der Waals surface area (Å²) < 4.78 is 27.1. The monoisotopic (exact) mass is 391 g/mol. The summed E-state index contributed by atoms with van der Waals surface area (Å²) in [7, 11) is 0. The van der Waals surface area contributed by atoms with Gasteiger partial charge in [-0.15, -0.1) is 11.3 Å². The molecule has 0 radical (unpaired) electrons. The van der Waals surface area contributed by atoms with Gasteiger partial charge in [-0.3, -0.25) is 9.59 Å². The number of hydrogen-bond donors (Lipinski definition) is 1. The average molecular weight is 391 g/mol. The van der Waals surface area contributed by atoms with Crippen molar-refractivity contribution in [1.82, 2.24) is 10.3 Å². The molecule has 2 aliphatic rings. The number of anilines is 1. The van der Waals surface area contributed by atoms with E-state index in [4.69, 9.17) is 0 Å². The predicted molar refractivity (Wildman–Crippen MR) is 97.6 cm³/mol. The van der Waals surface area contributed by atoms with E-state index in [1.165, 1.54) is 28.4 Å². The second-order valence-corrected chi connectivity index (χ2v) is 8.11. The van der Waals surface area contributed by atoms with Crippen molar-refractivity contribution in [2.24, 2.45) is 5.41 Å². The first-order chi connectivity index (χ1) is 13.0. The lowest BCUT2D eigenvalue weighted by atomic mass is 9.71. The molecule has 27 heavy (non-hydrogen) atoms. The molecule has 2 heterocycles. The van der Waals surface area contributed by atoms with Crippen LogP contribution in [0.2, 0.25) is 0 Å². The van der Waals surface area contributed by atoms with E-state index in [9.17, 15) is 18.4 Å². The zero-order chi connectivity index (χ0) is 19.0. The molecule has 1 saturated heterocycles. The molecule has 142 valence electrons. The lowest BCUT2D eigenvalue weighted by Gasteiger charge is -2.36. The van der Waals surface area contributed by atoms with E-state index in [1.54, 1.807) is 11.6 Å². The zero-order valence-corrected chi connectivity index (χ0v) is 15.4. The molecule has 8 heteroatoms. The van der Waals surface area contributed by atoms with Crippen LogP contribution < -0.4 is 10.2 Å². The van der Waals surface area contributed by atoms with Gasteiger partial charge in [-0.25, -0.2) is 13.8 Å². The Balaban J connectivity index is 1.49. The molecular weight excluding hydrogens is 372 g/mol. The molecule has 1 spiro atoms. The van der Waals surface area contributed by atoms with Crippen LogP contribution in [0.25, 0.3) is 0 Å². The van der Waals surface area contributed by atoms with E-state index < -0.39 is 17.0 Å². The van der Waals surface area contributed by atoms with Crippen molar-refractivity contribution in [3.63, 3.8) is 0 Å². The van der Waals surface area contributed by atoms with E-state index in [0.29, 0.717) is 24.4 Å². The van der Waals surface area contributed by atoms with Crippen molar-refractivity contribution >= 4 is 28.8 Å². The van der Waals surface area contributed by atoms with E-state index in [0.717, 1.165) is 25.3 Å². The molecule has 1 aliphatic heterocycles. The molecule has 2 unspecified atom stereocenters. The molecule has 4 rings (SSSR count). The largest absolute Gasteiger partial charge is 0.347 e. The van der Waals surface area contributed by atoms with Gasteiger partial charge in [0.1, 0.15) is 11.6 Å². The molecular formula is C19H19F2N3O2S. The summed E-state index contributed by atoms with van der Waals surface area (Å²) >= 11 is 1.27. The number of rotatable bonds is 3. The Morgan fingerprint density at radius 1 is 1.26 bits per heavy atom. The minimum Gasteiger partial charge on any atom is -0.347 e. The molecule has 1 aromatic heterocycles. The topological polar surface area (TPSA) is 62.3 Å². The minimum absolute atomic E-state index is 0.108. The second kappa shape index (κ2) is 6.99. The smallest absolute Gasteiger partial charge is 0.280 e. The highest BCUT2D eigenvalue weighted by molar-refractivity contribution is 7.11. The lowest BCUT2D eigenvalue weighted by molar-refractivity contribution is -0.127. The van der Waals surface area contributed by atoms with E-state index in [1.807, 2.05) is 0 Å². The van der Waals surface area contributed by atoms with Gasteiger partial charge in [0.2, 0.25) is 5.91 Å². The van der Waals surface area contributed by atoms with Crippen LogP contribution in [-0.4, -0.2) is 29.4 Å². The summed E-state index contributed by atoms with van der Waals surface area (Å²) in [5, 5.41) is 5.13. The number of amides is 2. The molecule has 1 aliphatic carbocycles. The van der Waals surface area contributed by atoms with Crippen LogP contribution >= 0.6 is 11.3 Å².